The lowest BCUT2D eigenvalue weighted by atomic mass is 9.83. The molecule has 3 nitrogen and oxygen atoms in total. The molecule has 0 aromatic heterocycles. The third-order valence-corrected chi connectivity index (χ3v) is 3.19. The summed E-state index contributed by atoms with van der Waals surface area (Å²) in [5.74, 6) is 0.106. The van der Waals surface area contributed by atoms with Gasteiger partial charge in [-0.3, -0.25) is 4.79 Å². The number of hydrogen-bond acceptors (Lipinski definition) is 2. The average molecular weight is 246 g/mol. The predicted octanol–water partition coefficient (Wildman–Crippen LogP) is 2.58. The van der Waals surface area contributed by atoms with Crippen molar-refractivity contribution in [3.05, 3.63) is 42.5 Å². The second-order valence-corrected chi connectivity index (χ2v) is 4.88. The largest absolute Gasteiger partial charge is 0.399 e. The topological polar surface area (TPSA) is 46.3 Å². The first kappa shape index (κ1) is 14.3. The molecule has 0 aliphatic rings. The molecule has 0 aliphatic heterocycles. The second kappa shape index (κ2) is 5.71. The number of rotatable bonds is 5. The average Bonchev–Trinajstić information content (AvgIpc) is 2.35. The van der Waals surface area contributed by atoms with Gasteiger partial charge in [0.05, 0.1) is 5.41 Å². The van der Waals surface area contributed by atoms with Crippen LogP contribution in [0.5, 0.6) is 0 Å². The molecule has 0 aliphatic carbocycles. The van der Waals surface area contributed by atoms with Gasteiger partial charge in [-0.15, -0.1) is 6.58 Å². The lowest BCUT2D eigenvalue weighted by molar-refractivity contribution is -0.135. The van der Waals surface area contributed by atoms with Crippen molar-refractivity contribution in [3.8, 4) is 0 Å². The first-order valence-electron chi connectivity index (χ1n) is 6.19. The zero-order valence-electron chi connectivity index (χ0n) is 11.4. The number of nitrogens with two attached hydrogens (primary N) is 1. The highest BCUT2D eigenvalue weighted by Crippen LogP contribution is 2.26. The highest BCUT2D eigenvalue weighted by atomic mass is 16.2. The van der Waals surface area contributed by atoms with Crippen LogP contribution in [-0.4, -0.2) is 23.9 Å². The lowest BCUT2D eigenvalue weighted by Gasteiger charge is -2.31. The molecule has 1 rings (SSSR count). The predicted molar refractivity (Wildman–Crippen MR) is 76.3 cm³/mol. The van der Waals surface area contributed by atoms with Gasteiger partial charge in [-0.05, 0) is 38.5 Å². The fourth-order valence-corrected chi connectivity index (χ4v) is 1.93. The second-order valence-electron chi connectivity index (χ2n) is 4.88. The summed E-state index contributed by atoms with van der Waals surface area (Å²) < 4.78 is 0. The van der Waals surface area contributed by atoms with Crippen molar-refractivity contribution in [3.63, 3.8) is 0 Å². The zero-order valence-corrected chi connectivity index (χ0v) is 11.4. The van der Waals surface area contributed by atoms with Crippen molar-refractivity contribution in [2.75, 3.05) is 18.8 Å². The molecule has 1 aromatic rings. The molecule has 0 saturated carbocycles. The molecule has 1 aromatic carbocycles. The summed E-state index contributed by atoms with van der Waals surface area (Å²) in [6.45, 7) is 10.8. The normalized spacial score (nSPS) is 11.1. The summed E-state index contributed by atoms with van der Waals surface area (Å²) in [7, 11) is 0. The standard InChI is InChI=1S/C15H22N2O/c1-5-11-17(6-2)14(18)15(3,4)12-7-9-13(16)10-8-12/h5,7-10H,1,6,11,16H2,2-4H3. The Hall–Kier alpha value is -1.77. The molecule has 0 fully saturated rings. The molecule has 1 amide bonds. The van der Waals surface area contributed by atoms with E-state index in [9.17, 15) is 4.79 Å². The maximum absolute atomic E-state index is 12.5. The quantitative estimate of drug-likeness (QED) is 0.641. The molecule has 0 saturated heterocycles. The van der Waals surface area contributed by atoms with Crippen LogP contribution in [0.25, 0.3) is 0 Å². The number of hydrogen-bond donors (Lipinski definition) is 1. The van der Waals surface area contributed by atoms with E-state index in [4.69, 9.17) is 5.73 Å². The van der Waals surface area contributed by atoms with Crippen molar-refractivity contribution in [2.24, 2.45) is 0 Å². The van der Waals surface area contributed by atoms with Gasteiger partial charge in [0.15, 0.2) is 0 Å². The lowest BCUT2D eigenvalue weighted by Crippen LogP contribution is -2.43. The number of nitrogen functional groups attached to an aromatic ring is 1. The minimum Gasteiger partial charge on any atom is -0.399 e. The van der Waals surface area contributed by atoms with Crippen LogP contribution in [0.15, 0.2) is 36.9 Å². The summed E-state index contributed by atoms with van der Waals surface area (Å²) in [6, 6.07) is 7.48. The molecule has 0 atom stereocenters. The summed E-state index contributed by atoms with van der Waals surface area (Å²) in [4.78, 5) is 14.3. The highest BCUT2D eigenvalue weighted by Gasteiger charge is 2.32. The molecule has 0 radical (unpaired) electrons. The van der Waals surface area contributed by atoms with E-state index in [1.54, 1.807) is 11.0 Å². The van der Waals surface area contributed by atoms with Gasteiger partial charge in [-0.1, -0.05) is 18.2 Å². The minimum atomic E-state index is -0.549. The van der Waals surface area contributed by atoms with E-state index in [2.05, 4.69) is 6.58 Å². The van der Waals surface area contributed by atoms with Gasteiger partial charge >= 0.3 is 0 Å². The van der Waals surface area contributed by atoms with E-state index in [0.717, 1.165) is 5.56 Å². The maximum Gasteiger partial charge on any atom is 0.232 e. The first-order chi connectivity index (χ1) is 8.43. The van der Waals surface area contributed by atoms with E-state index < -0.39 is 5.41 Å². The Kier molecular flexibility index (Phi) is 4.54. The van der Waals surface area contributed by atoms with Crippen LogP contribution in [0.1, 0.15) is 26.3 Å². The molecule has 3 heteroatoms. The fraction of sp³-hybridized carbons (Fsp3) is 0.400. The molecule has 98 valence electrons. The third kappa shape index (κ3) is 2.92. The van der Waals surface area contributed by atoms with Crippen molar-refractivity contribution in [2.45, 2.75) is 26.2 Å². The van der Waals surface area contributed by atoms with Gasteiger partial charge in [0, 0.05) is 18.8 Å². The molecular formula is C15H22N2O. The van der Waals surface area contributed by atoms with Crippen LogP contribution in [-0.2, 0) is 10.2 Å². The van der Waals surface area contributed by atoms with Crippen LogP contribution in [0.4, 0.5) is 5.69 Å². The number of benzene rings is 1. The smallest absolute Gasteiger partial charge is 0.232 e. The van der Waals surface area contributed by atoms with E-state index in [0.29, 0.717) is 18.8 Å². The summed E-state index contributed by atoms with van der Waals surface area (Å²) in [6.07, 6.45) is 1.75. The van der Waals surface area contributed by atoms with Gasteiger partial charge in [0.25, 0.3) is 0 Å². The molecular weight excluding hydrogens is 224 g/mol. The van der Waals surface area contributed by atoms with E-state index in [-0.39, 0.29) is 5.91 Å². The maximum atomic E-state index is 12.5. The van der Waals surface area contributed by atoms with E-state index in [1.165, 1.54) is 0 Å². The number of nitrogens with zero attached hydrogens (tertiary/aromatic N) is 1. The minimum absolute atomic E-state index is 0.106. The summed E-state index contributed by atoms with van der Waals surface area (Å²) in [5.41, 5.74) is 6.81. The van der Waals surface area contributed by atoms with Crippen molar-refractivity contribution < 1.29 is 4.79 Å². The van der Waals surface area contributed by atoms with Gasteiger partial charge in [-0.2, -0.15) is 0 Å². The van der Waals surface area contributed by atoms with Crippen LogP contribution < -0.4 is 5.73 Å². The Balaban J connectivity index is 3.00. The Morgan fingerprint density at radius 1 is 1.39 bits per heavy atom. The van der Waals surface area contributed by atoms with E-state index >= 15 is 0 Å². The van der Waals surface area contributed by atoms with Crippen molar-refractivity contribution >= 4 is 11.6 Å². The first-order valence-corrected chi connectivity index (χ1v) is 6.19. The van der Waals surface area contributed by atoms with Gasteiger partial charge in [-0.25, -0.2) is 0 Å². The van der Waals surface area contributed by atoms with Crippen molar-refractivity contribution in [1.82, 2.24) is 4.90 Å². The van der Waals surface area contributed by atoms with E-state index in [1.807, 2.05) is 45.0 Å². The Morgan fingerprint density at radius 3 is 2.39 bits per heavy atom. The number of amides is 1. The number of anilines is 1. The summed E-state index contributed by atoms with van der Waals surface area (Å²) in [5, 5.41) is 0. The highest BCUT2D eigenvalue weighted by molar-refractivity contribution is 5.87. The zero-order chi connectivity index (χ0) is 13.8. The molecule has 0 unspecified atom stereocenters. The van der Waals surface area contributed by atoms with Crippen LogP contribution in [0.2, 0.25) is 0 Å². The molecule has 0 spiro atoms. The Bertz CT molecular complexity index is 421. The molecule has 0 bridgehead atoms. The number of likely N-dealkylation sites (N-methyl/N-ethyl adjacent to an activating group) is 1. The van der Waals surface area contributed by atoms with Gasteiger partial charge in [0.1, 0.15) is 0 Å². The number of carbonyl (C=O) groups is 1. The van der Waals surface area contributed by atoms with Crippen LogP contribution in [0.3, 0.4) is 0 Å². The van der Waals surface area contributed by atoms with Crippen molar-refractivity contribution in [1.29, 1.82) is 0 Å². The van der Waals surface area contributed by atoms with Gasteiger partial charge < -0.3 is 10.6 Å². The summed E-state index contributed by atoms with van der Waals surface area (Å²) >= 11 is 0. The Labute approximate surface area is 109 Å². The third-order valence-electron chi connectivity index (χ3n) is 3.19. The van der Waals surface area contributed by atoms with Gasteiger partial charge in [0.2, 0.25) is 5.91 Å². The van der Waals surface area contributed by atoms with Crippen LogP contribution >= 0.6 is 0 Å². The fourth-order valence-electron chi connectivity index (χ4n) is 1.93. The molecule has 0 heterocycles. The Morgan fingerprint density at radius 2 is 1.94 bits per heavy atom. The monoisotopic (exact) mass is 246 g/mol. The number of carbonyl (C=O) groups excluding carboxylic acids is 1. The molecule has 2 N–H and O–H groups in total. The SMILES string of the molecule is C=CCN(CC)C(=O)C(C)(C)c1ccc(N)cc1. The molecule has 18 heavy (non-hydrogen) atoms. The van der Waals surface area contributed by atoms with Crippen LogP contribution in [0, 0.1) is 0 Å².